The Labute approximate surface area is 272 Å². The summed E-state index contributed by atoms with van der Waals surface area (Å²) in [4.78, 5) is 14.9. The number of rotatable bonds is 11. The van der Waals surface area contributed by atoms with Gasteiger partial charge in [0, 0.05) is 25.2 Å². The molecule has 0 saturated carbocycles. The smallest absolute Gasteiger partial charge is 0.263 e. The van der Waals surface area contributed by atoms with Crippen LogP contribution in [0.4, 0.5) is 21.8 Å². The molecule has 0 bridgehead atoms. The van der Waals surface area contributed by atoms with Gasteiger partial charge >= 0.3 is 0 Å². The molecule has 1 fully saturated rings. The number of hydrazone groups is 1. The summed E-state index contributed by atoms with van der Waals surface area (Å²) in [6.45, 7) is 14.5. The van der Waals surface area contributed by atoms with Gasteiger partial charge in [0.1, 0.15) is 5.75 Å². The van der Waals surface area contributed by atoms with Crippen molar-refractivity contribution in [3.05, 3.63) is 95.9 Å². The van der Waals surface area contributed by atoms with Gasteiger partial charge in [0.05, 0.1) is 42.7 Å². The van der Waals surface area contributed by atoms with E-state index in [1.165, 1.54) is 6.21 Å². The average molecular weight is 631 g/mol. The lowest BCUT2D eigenvalue weighted by Gasteiger charge is -2.28. The van der Waals surface area contributed by atoms with Crippen LogP contribution in [-0.4, -0.2) is 52.6 Å². The van der Waals surface area contributed by atoms with E-state index in [-0.39, 0.29) is 23.4 Å². The van der Waals surface area contributed by atoms with Crippen molar-refractivity contribution in [2.45, 2.75) is 48.0 Å². The molecule has 2 atom stereocenters. The number of aromatic hydroxyl groups is 1. The minimum atomic E-state index is -0.515. The molecule has 1 aliphatic heterocycles. The Morgan fingerprint density at radius 1 is 1.28 bits per heavy atom. The fourth-order valence-corrected chi connectivity index (χ4v) is 4.77. The summed E-state index contributed by atoms with van der Waals surface area (Å²) in [7, 11) is 0. The maximum atomic E-state index is 14.8. The number of phenols is 1. The second kappa shape index (κ2) is 18.4. The number of aryl methyl sites for hydroxylation is 1. The van der Waals surface area contributed by atoms with E-state index in [2.05, 4.69) is 39.2 Å². The Bertz CT molecular complexity index is 1520. The molecule has 2 aromatic heterocycles. The molecule has 0 amide bonds. The number of allylic oxidation sites excluding steroid dienone is 5. The number of ether oxygens (including phenoxy) is 1. The first-order valence-corrected chi connectivity index (χ1v) is 15.8. The number of hydrogen-bond acceptors (Lipinski definition) is 10. The number of nitrogens with one attached hydrogen (secondary N) is 1. The predicted molar refractivity (Wildman–Crippen MR) is 186 cm³/mol. The van der Waals surface area contributed by atoms with Gasteiger partial charge in [0.2, 0.25) is 0 Å². The average Bonchev–Trinajstić information content (AvgIpc) is 3.33. The zero-order valence-corrected chi connectivity index (χ0v) is 27.7. The molecule has 0 radical (unpaired) electrons. The third-order valence-electron chi connectivity index (χ3n) is 7.52. The van der Waals surface area contributed by atoms with E-state index < -0.39 is 5.82 Å². The van der Waals surface area contributed by atoms with Crippen LogP contribution in [0.2, 0.25) is 0 Å². The number of hydrazine groups is 1. The van der Waals surface area contributed by atoms with Crippen molar-refractivity contribution in [3.63, 3.8) is 0 Å². The van der Waals surface area contributed by atoms with Crippen molar-refractivity contribution in [3.8, 4) is 5.75 Å². The number of halogens is 1. The molecule has 0 spiro atoms. The van der Waals surface area contributed by atoms with Crippen LogP contribution in [0.25, 0.3) is 5.57 Å². The minimum Gasteiger partial charge on any atom is -0.508 e. The summed E-state index contributed by atoms with van der Waals surface area (Å²) in [5.41, 5.74) is 4.03. The van der Waals surface area contributed by atoms with E-state index in [9.17, 15) is 9.50 Å². The standard InChI is InChI=1S/C33H41FN8O2.C2H6/c1-5-9-25(26-10-7-12-29(43)18-26)11-8-15-36-31-14-13-28(39-24(31)4)19-38-42(35)33-37-20-30(34)32(40-33)41-16-17-44-22-27(21-41)23(3)6-2;1-2/h5,7-15,18-20,23,27,36,43H,6,16-17,21-22,35H2,1-4H3;1-2H3/b9-5-,15-8+,25-11+,38-19+;. The van der Waals surface area contributed by atoms with Gasteiger partial charge in [-0.2, -0.15) is 15.2 Å². The van der Waals surface area contributed by atoms with Crippen LogP contribution >= 0.6 is 0 Å². The van der Waals surface area contributed by atoms with Crippen molar-refractivity contribution < 1.29 is 14.2 Å². The number of aromatic nitrogens is 3. The maximum absolute atomic E-state index is 14.8. The van der Waals surface area contributed by atoms with Gasteiger partial charge in [0.15, 0.2) is 11.6 Å². The van der Waals surface area contributed by atoms with Crippen molar-refractivity contribution in [1.29, 1.82) is 0 Å². The summed E-state index contributed by atoms with van der Waals surface area (Å²) < 4.78 is 20.6. The number of nitrogens with zero attached hydrogens (tertiary/aromatic N) is 6. The fourth-order valence-electron chi connectivity index (χ4n) is 4.77. The Kier molecular flexibility index (Phi) is 14.3. The molecule has 4 N–H and O–H groups in total. The zero-order valence-electron chi connectivity index (χ0n) is 27.7. The molecule has 3 aromatic rings. The van der Waals surface area contributed by atoms with Crippen LogP contribution in [0, 0.1) is 24.6 Å². The van der Waals surface area contributed by atoms with E-state index in [1.807, 2.05) is 81.3 Å². The Morgan fingerprint density at radius 2 is 2.09 bits per heavy atom. The van der Waals surface area contributed by atoms with Gasteiger partial charge in [-0.05, 0) is 61.2 Å². The highest BCUT2D eigenvalue weighted by atomic mass is 19.1. The number of hydrogen-bond donors (Lipinski definition) is 3. The van der Waals surface area contributed by atoms with Crippen molar-refractivity contribution in [1.82, 2.24) is 15.0 Å². The SMILES string of the molecule is CC.C\C=C/C(=C\C=C\Nc1ccc(/C=N/N(N)c2ncc(F)c(N3CCOCC(C(C)CC)C3)n2)nc1C)c1cccc(O)c1. The topological polar surface area (TPSA) is 125 Å². The molecule has 246 valence electrons. The highest BCUT2D eigenvalue weighted by Gasteiger charge is 2.26. The van der Waals surface area contributed by atoms with Crippen LogP contribution in [-0.2, 0) is 4.74 Å². The van der Waals surface area contributed by atoms with E-state index in [0.29, 0.717) is 37.9 Å². The Balaban J connectivity index is 0.00000282. The lowest BCUT2D eigenvalue weighted by Crippen LogP contribution is -2.35. The number of anilines is 3. The number of pyridine rings is 1. The molecule has 0 aliphatic carbocycles. The van der Waals surface area contributed by atoms with Crippen LogP contribution < -0.4 is 21.2 Å². The summed E-state index contributed by atoms with van der Waals surface area (Å²) >= 11 is 0. The fraction of sp³-hybridized carbons (Fsp3) is 0.371. The molecule has 46 heavy (non-hydrogen) atoms. The van der Waals surface area contributed by atoms with Crippen molar-refractivity contribution in [2.24, 2.45) is 22.8 Å². The van der Waals surface area contributed by atoms with Crippen LogP contribution in [0.3, 0.4) is 0 Å². The van der Waals surface area contributed by atoms with E-state index in [4.69, 9.17) is 10.6 Å². The first-order valence-electron chi connectivity index (χ1n) is 15.8. The lowest BCUT2D eigenvalue weighted by molar-refractivity contribution is 0.104. The Morgan fingerprint density at radius 3 is 2.80 bits per heavy atom. The monoisotopic (exact) mass is 630 g/mol. The van der Waals surface area contributed by atoms with Crippen LogP contribution in [0.1, 0.15) is 58.0 Å². The predicted octanol–water partition coefficient (Wildman–Crippen LogP) is 6.85. The van der Waals surface area contributed by atoms with Gasteiger partial charge < -0.3 is 20.1 Å². The van der Waals surface area contributed by atoms with Gasteiger partial charge in [0.25, 0.3) is 5.95 Å². The zero-order chi connectivity index (χ0) is 33.5. The molecule has 10 nitrogen and oxygen atoms in total. The van der Waals surface area contributed by atoms with Gasteiger partial charge in [-0.25, -0.2) is 20.2 Å². The third kappa shape index (κ3) is 10.2. The van der Waals surface area contributed by atoms with Crippen molar-refractivity contribution in [2.75, 3.05) is 41.6 Å². The highest BCUT2D eigenvalue weighted by Crippen LogP contribution is 2.25. The summed E-state index contributed by atoms with van der Waals surface area (Å²) in [6.07, 6.45) is 13.2. The van der Waals surface area contributed by atoms with Gasteiger partial charge in [-0.3, -0.25) is 0 Å². The molecular formula is C35H47FN8O2. The first-order chi connectivity index (χ1) is 22.3. The van der Waals surface area contributed by atoms with Gasteiger partial charge in [-0.15, -0.1) is 0 Å². The number of phenolic OH excluding ortho intramolecular Hbond substituents is 1. The number of benzene rings is 1. The van der Waals surface area contributed by atoms with Crippen LogP contribution in [0.15, 0.2) is 78.2 Å². The maximum Gasteiger partial charge on any atom is 0.263 e. The molecule has 3 heterocycles. The molecule has 4 rings (SSSR count). The molecular weight excluding hydrogens is 583 g/mol. The summed E-state index contributed by atoms with van der Waals surface area (Å²) in [5.74, 6) is 6.80. The summed E-state index contributed by atoms with van der Waals surface area (Å²) in [5, 5.41) is 18.3. The third-order valence-corrected chi connectivity index (χ3v) is 7.52. The molecule has 11 heteroatoms. The van der Waals surface area contributed by atoms with E-state index in [0.717, 1.165) is 40.3 Å². The van der Waals surface area contributed by atoms with Crippen molar-refractivity contribution >= 4 is 29.2 Å². The molecule has 1 aromatic carbocycles. The largest absolute Gasteiger partial charge is 0.508 e. The van der Waals surface area contributed by atoms with E-state index in [1.54, 1.807) is 18.2 Å². The molecule has 1 saturated heterocycles. The first kappa shape index (κ1) is 35.9. The molecule has 1 aliphatic rings. The second-order valence-electron chi connectivity index (χ2n) is 10.6. The minimum absolute atomic E-state index is 0.0686. The van der Waals surface area contributed by atoms with Crippen LogP contribution in [0.5, 0.6) is 5.75 Å². The van der Waals surface area contributed by atoms with Gasteiger partial charge in [-0.1, -0.05) is 64.5 Å². The van der Waals surface area contributed by atoms with E-state index >= 15 is 0 Å². The lowest BCUT2D eigenvalue weighted by atomic mass is 9.92. The Hall–Kier alpha value is -4.61. The normalized spacial score (nSPS) is 16.4. The second-order valence-corrected chi connectivity index (χ2v) is 10.6. The number of nitrogens with two attached hydrogens (primary N) is 1. The highest BCUT2D eigenvalue weighted by molar-refractivity contribution is 5.78. The summed E-state index contributed by atoms with van der Waals surface area (Å²) in [6, 6.07) is 10.8. The molecule has 2 unspecified atom stereocenters. The quantitative estimate of drug-likeness (QED) is 0.0903.